The molecular formula is C64H75Br3ClO5P. The standard InChI is InChI=1S/C20H20OP.C12H16O.C11H13BrO.C11H14O.C10H12O.Br2.ClH/c1-21-17-22(18-11-5-2-6-12-18,19-13-7-3-8-14-19)20-15-9-4-10-16-20;1-9-7-10(2)12(5-6-13-4)11(3)8-9;1-7-4-8(2)11(9(3)5-7)10(12)6-13;1-8-6-9(2)11(4-5-12)10(3)7-8;1-7-4-8(2)10(6-11)9(3)5-7;1-2;/h2-16H,17H2,1H3;5-8H,1-4H3;4-6,10H,1-3H3;5-7H,4H2,1-3H3;4-6H,1-3H3;;1H/q+1;;;;;;/p-1/b;6-5+;;;;;. The number of carbonyl (C=O) groups is 3. The summed E-state index contributed by atoms with van der Waals surface area (Å²) in [5.41, 5.74) is 18.9. The van der Waals surface area contributed by atoms with Crippen LogP contribution in [-0.4, -0.2) is 39.4 Å². The van der Waals surface area contributed by atoms with Crippen LogP contribution in [0.4, 0.5) is 0 Å². The summed E-state index contributed by atoms with van der Waals surface area (Å²) in [6, 6.07) is 49.1. The minimum atomic E-state index is -1.78. The average Bonchev–Trinajstić information content (AvgIpc) is 3.36. The average molecular weight is 1230 g/mol. The topological polar surface area (TPSA) is 69.7 Å². The van der Waals surface area contributed by atoms with Crippen LogP contribution in [0.1, 0.15) is 98.6 Å². The van der Waals surface area contributed by atoms with Crippen LogP contribution in [0.15, 0.2) is 146 Å². The van der Waals surface area contributed by atoms with Crippen LogP contribution in [0.5, 0.6) is 0 Å². The van der Waals surface area contributed by atoms with E-state index in [0.29, 0.717) is 12.8 Å². The van der Waals surface area contributed by atoms with Gasteiger partial charge in [-0.3, -0.25) is 4.79 Å². The molecule has 0 saturated carbocycles. The van der Waals surface area contributed by atoms with Crippen molar-refractivity contribution in [2.24, 2.45) is 0 Å². The first-order valence-electron chi connectivity index (χ1n) is 24.0. The van der Waals surface area contributed by atoms with E-state index in [0.717, 1.165) is 41.1 Å². The lowest BCUT2D eigenvalue weighted by atomic mass is 9.98. The molecule has 7 rings (SSSR count). The number of aldehydes is 3. The minimum Gasteiger partial charge on any atom is -1.00 e. The van der Waals surface area contributed by atoms with Crippen LogP contribution in [0.3, 0.4) is 0 Å². The van der Waals surface area contributed by atoms with Crippen molar-refractivity contribution < 1.29 is 36.3 Å². The summed E-state index contributed by atoms with van der Waals surface area (Å²) in [4.78, 5) is 31.4. The van der Waals surface area contributed by atoms with Crippen molar-refractivity contribution in [2.75, 3.05) is 20.6 Å². The van der Waals surface area contributed by atoms with E-state index >= 15 is 0 Å². The van der Waals surface area contributed by atoms with Crippen molar-refractivity contribution >= 4 is 92.3 Å². The fraction of sp³-hybridized carbons (Fsp3) is 0.266. The molecule has 0 saturated heterocycles. The molecule has 5 nitrogen and oxygen atoms in total. The van der Waals surface area contributed by atoms with Gasteiger partial charge in [0.05, 0.1) is 18.2 Å². The normalized spacial score (nSPS) is 10.6. The third-order valence-corrected chi connectivity index (χ3v) is 17.0. The van der Waals surface area contributed by atoms with Gasteiger partial charge in [-0.05, 0) is 187 Å². The fourth-order valence-corrected chi connectivity index (χ4v) is 13.7. The van der Waals surface area contributed by atoms with Crippen LogP contribution < -0.4 is 28.3 Å². The molecule has 0 aliphatic heterocycles. The number of ether oxygens (including phenoxy) is 2. The van der Waals surface area contributed by atoms with Crippen molar-refractivity contribution in [1.29, 1.82) is 0 Å². The van der Waals surface area contributed by atoms with Crippen molar-refractivity contribution in [2.45, 2.75) is 94.3 Å². The highest BCUT2D eigenvalue weighted by atomic mass is 80.9. The minimum absolute atomic E-state index is 0. The van der Waals surface area contributed by atoms with Crippen molar-refractivity contribution in [3.05, 3.63) is 235 Å². The second-order valence-corrected chi connectivity index (χ2v) is 22.5. The predicted octanol–water partition coefficient (Wildman–Crippen LogP) is 13.5. The van der Waals surface area contributed by atoms with Crippen LogP contribution in [0.25, 0.3) is 6.08 Å². The molecule has 0 aliphatic carbocycles. The SMILES string of the molecule is BrBr.CO/C=C/c1c(C)cc(C)cc1C.COC[P+](c1ccccc1)(c1ccccc1)c1ccccc1.Cc1cc(C)c(C(Br)C=O)c(C)c1.Cc1cc(C)c(C=O)c(C)c1.Cc1cc(C)c(CC=O)c(C)c1.[Cl-]. The molecule has 0 fully saturated rings. The number of rotatable bonds is 12. The quantitative estimate of drug-likeness (QED) is 0.0528. The summed E-state index contributed by atoms with van der Waals surface area (Å²) in [5.74, 6) is 0. The first kappa shape index (κ1) is 67.2. The van der Waals surface area contributed by atoms with E-state index in [2.05, 4.69) is 220 Å². The number of benzene rings is 7. The van der Waals surface area contributed by atoms with Gasteiger partial charge in [-0.25, -0.2) is 0 Å². The Hall–Kier alpha value is -4.79. The van der Waals surface area contributed by atoms with Gasteiger partial charge >= 0.3 is 0 Å². The maximum atomic E-state index is 10.6. The summed E-state index contributed by atoms with van der Waals surface area (Å²) in [6.45, 7) is 24.6. The van der Waals surface area contributed by atoms with Crippen LogP contribution >= 0.6 is 51.4 Å². The highest BCUT2D eigenvalue weighted by Gasteiger charge is 2.45. The second kappa shape index (κ2) is 35.5. The molecule has 1 atom stereocenters. The van der Waals surface area contributed by atoms with E-state index < -0.39 is 7.26 Å². The lowest BCUT2D eigenvalue weighted by Crippen LogP contribution is -3.00. The molecule has 0 radical (unpaired) electrons. The molecule has 1 unspecified atom stereocenters. The smallest absolute Gasteiger partial charge is 0.170 e. The monoisotopic (exact) mass is 1230 g/mol. The molecule has 394 valence electrons. The van der Waals surface area contributed by atoms with E-state index in [-0.39, 0.29) is 17.2 Å². The summed E-state index contributed by atoms with van der Waals surface area (Å²) >= 11 is 8.84. The first-order chi connectivity index (χ1) is 34.9. The molecule has 0 aromatic heterocycles. The molecule has 0 bridgehead atoms. The number of alkyl halides is 1. The van der Waals surface area contributed by atoms with E-state index in [4.69, 9.17) is 9.47 Å². The molecule has 0 amide bonds. The molecule has 0 spiro atoms. The third-order valence-electron chi connectivity index (χ3n) is 12.1. The Kier molecular flexibility index (Phi) is 32.2. The first-order valence-corrected chi connectivity index (χ1v) is 30.6. The fourth-order valence-electron chi connectivity index (χ4n) is 9.19. The number of methoxy groups -OCH3 is 2. The summed E-state index contributed by atoms with van der Waals surface area (Å²) in [7, 11) is 1.68. The van der Waals surface area contributed by atoms with E-state index in [9.17, 15) is 14.4 Å². The maximum Gasteiger partial charge on any atom is 0.170 e. The van der Waals surface area contributed by atoms with E-state index in [1.807, 2.05) is 52.8 Å². The molecule has 10 heteroatoms. The number of aryl methyl sites for hydroxylation is 12. The molecular weight excluding hydrogens is 1150 g/mol. The largest absolute Gasteiger partial charge is 1.00 e. The number of hydrogen-bond donors (Lipinski definition) is 0. The maximum absolute atomic E-state index is 10.6. The molecule has 7 aromatic rings. The number of hydrogen-bond acceptors (Lipinski definition) is 5. The van der Waals surface area contributed by atoms with Crippen LogP contribution in [0.2, 0.25) is 0 Å². The molecule has 0 aliphatic rings. The van der Waals surface area contributed by atoms with Crippen molar-refractivity contribution in [3.8, 4) is 0 Å². The Labute approximate surface area is 474 Å². The Morgan fingerprint density at radius 1 is 0.486 bits per heavy atom. The van der Waals surface area contributed by atoms with Gasteiger partial charge in [-0.1, -0.05) is 141 Å². The van der Waals surface area contributed by atoms with E-state index in [1.165, 1.54) is 82.7 Å². The number of carbonyl (C=O) groups excluding carboxylic acids is 3. The molecule has 7 aromatic carbocycles. The Balaban J connectivity index is 0.000000470. The summed E-state index contributed by atoms with van der Waals surface area (Å²) in [6.07, 6.45) is 7.78. The van der Waals surface area contributed by atoms with Crippen molar-refractivity contribution in [1.82, 2.24) is 0 Å². The van der Waals surface area contributed by atoms with Gasteiger partial charge in [0.25, 0.3) is 0 Å². The third kappa shape index (κ3) is 20.4. The second-order valence-electron chi connectivity index (χ2n) is 18.1. The Bertz CT molecular complexity index is 2650. The van der Waals surface area contributed by atoms with Gasteiger partial charge < -0.3 is 31.5 Å². The lowest BCUT2D eigenvalue weighted by molar-refractivity contribution is -0.108. The van der Waals surface area contributed by atoms with Gasteiger partial charge in [-0.2, -0.15) is 0 Å². The zero-order chi connectivity index (χ0) is 54.7. The van der Waals surface area contributed by atoms with Gasteiger partial charge in [0, 0.05) is 47.3 Å². The van der Waals surface area contributed by atoms with Gasteiger partial charge in [0.1, 0.15) is 35.7 Å². The zero-order valence-corrected chi connectivity index (χ0v) is 52.1. The lowest BCUT2D eigenvalue weighted by Gasteiger charge is -2.26. The Morgan fingerprint density at radius 2 is 0.811 bits per heavy atom. The van der Waals surface area contributed by atoms with Gasteiger partial charge in [0.15, 0.2) is 12.6 Å². The highest BCUT2D eigenvalue weighted by molar-refractivity contribution is 9.93. The van der Waals surface area contributed by atoms with Crippen LogP contribution in [-0.2, 0) is 25.5 Å². The summed E-state index contributed by atoms with van der Waals surface area (Å²) in [5, 5.41) is 4.07. The predicted molar refractivity (Wildman–Crippen MR) is 326 cm³/mol. The zero-order valence-electron chi connectivity index (χ0n) is 45.7. The molecule has 0 heterocycles. The van der Waals surface area contributed by atoms with Crippen LogP contribution in [0, 0.1) is 83.1 Å². The molecule has 74 heavy (non-hydrogen) atoms. The van der Waals surface area contributed by atoms with Gasteiger partial charge in [0.2, 0.25) is 0 Å². The van der Waals surface area contributed by atoms with E-state index in [1.54, 1.807) is 20.5 Å². The van der Waals surface area contributed by atoms with Gasteiger partial charge in [-0.15, -0.1) is 0 Å². The highest BCUT2D eigenvalue weighted by Crippen LogP contribution is 2.55. The summed E-state index contributed by atoms with van der Waals surface area (Å²) < 4.78 is 10.6. The van der Waals surface area contributed by atoms with Crippen molar-refractivity contribution in [3.63, 3.8) is 0 Å². The number of halogens is 4. The Morgan fingerprint density at radius 3 is 1.11 bits per heavy atom. The molecule has 0 N–H and O–H groups in total.